The van der Waals surface area contributed by atoms with Crippen LogP contribution in [0.3, 0.4) is 0 Å². The second-order valence-electron chi connectivity index (χ2n) is 12.1. The standard InChI is InChI=1S/C17H22ClFN2O3.C11H19NO4.CH2Cl2/c1-17(2,3)24-16(23)21-8-4-5-11(10-21)15(22)20-12-6-7-13(18)14(19)9-12;1-11(2,3)16-10(15)12-6-4-5-8(7-12)9(13)14;2-1-3/h6-7,9,11H,4-5,8,10H2,1-3H3,(H,20,22);8H,4-7H2,1-3H3,(H,13,14);1H2. The lowest BCUT2D eigenvalue weighted by molar-refractivity contribution is -0.143. The molecule has 0 radical (unpaired) electrons. The normalized spacial score (nSPS) is 18.7. The van der Waals surface area contributed by atoms with Gasteiger partial charge in [-0.3, -0.25) is 9.59 Å². The first-order valence-corrected chi connectivity index (χ1v) is 15.4. The van der Waals surface area contributed by atoms with Crippen molar-refractivity contribution in [3.05, 3.63) is 29.0 Å². The lowest BCUT2D eigenvalue weighted by Crippen LogP contribution is -2.45. The van der Waals surface area contributed by atoms with Crippen molar-refractivity contribution in [1.29, 1.82) is 0 Å². The van der Waals surface area contributed by atoms with Crippen molar-refractivity contribution in [1.82, 2.24) is 9.80 Å². The topological polar surface area (TPSA) is 125 Å². The molecule has 43 heavy (non-hydrogen) atoms. The van der Waals surface area contributed by atoms with E-state index in [1.807, 2.05) is 0 Å². The molecule has 1 aromatic rings. The number of aliphatic carboxylic acids is 1. The third kappa shape index (κ3) is 15.2. The molecule has 2 fully saturated rings. The number of hydrogen-bond donors (Lipinski definition) is 2. The Hall–Kier alpha value is -2.50. The maximum Gasteiger partial charge on any atom is 0.410 e. The SMILES string of the molecule is CC(C)(C)OC(=O)N1CCCC(C(=O)Nc2ccc(Cl)c(F)c2)C1.CC(C)(C)OC(=O)N1CCCC(C(=O)O)C1.ClCCl. The number of nitrogens with one attached hydrogen (secondary N) is 1. The fraction of sp³-hybridized carbons (Fsp3) is 0.655. The van der Waals surface area contributed by atoms with Gasteiger partial charge in [0, 0.05) is 31.9 Å². The summed E-state index contributed by atoms with van der Waals surface area (Å²) < 4.78 is 24.0. The average Bonchev–Trinajstić information content (AvgIpc) is 2.90. The van der Waals surface area contributed by atoms with Crippen LogP contribution >= 0.6 is 34.8 Å². The Bertz CT molecular complexity index is 1100. The molecular weight excluding hydrogens is 628 g/mol. The zero-order chi connectivity index (χ0) is 33.0. The predicted octanol–water partition coefficient (Wildman–Crippen LogP) is 7.20. The zero-order valence-corrected chi connectivity index (χ0v) is 27.8. The number of likely N-dealkylation sites (tertiary alicyclic amines) is 2. The summed E-state index contributed by atoms with van der Waals surface area (Å²) in [5.41, 5.74) is -0.767. The molecule has 1 aromatic carbocycles. The summed E-state index contributed by atoms with van der Waals surface area (Å²) in [6.45, 7) is 12.5. The van der Waals surface area contributed by atoms with Crippen molar-refractivity contribution in [3.8, 4) is 0 Å². The number of carbonyl (C=O) groups excluding carboxylic acids is 3. The van der Waals surface area contributed by atoms with E-state index >= 15 is 0 Å². The number of nitrogens with zero attached hydrogens (tertiary/aromatic N) is 2. The average molecular weight is 671 g/mol. The number of amides is 3. The molecule has 0 saturated carbocycles. The van der Waals surface area contributed by atoms with Crippen molar-refractivity contribution in [3.63, 3.8) is 0 Å². The molecule has 2 N–H and O–H groups in total. The van der Waals surface area contributed by atoms with E-state index in [0.29, 0.717) is 38.0 Å². The lowest BCUT2D eigenvalue weighted by atomic mass is 9.97. The van der Waals surface area contributed by atoms with Gasteiger partial charge in [0.15, 0.2) is 0 Å². The Balaban J connectivity index is 0.000000421. The van der Waals surface area contributed by atoms with E-state index in [4.69, 9.17) is 49.4 Å². The van der Waals surface area contributed by atoms with Crippen LogP contribution in [0.5, 0.6) is 0 Å². The van der Waals surface area contributed by atoms with Crippen LogP contribution in [0, 0.1) is 17.7 Å². The monoisotopic (exact) mass is 669 g/mol. The van der Waals surface area contributed by atoms with Gasteiger partial charge in [0.2, 0.25) is 5.91 Å². The van der Waals surface area contributed by atoms with Crippen LogP contribution in [0.25, 0.3) is 0 Å². The van der Waals surface area contributed by atoms with Crippen LogP contribution in [-0.4, -0.2) is 81.7 Å². The van der Waals surface area contributed by atoms with Crippen molar-refractivity contribution < 1.29 is 38.1 Å². The molecule has 2 aliphatic heterocycles. The molecule has 0 spiro atoms. The minimum Gasteiger partial charge on any atom is -0.481 e. The van der Waals surface area contributed by atoms with Crippen molar-refractivity contribution in [2.45, 2.75) is 78.4 Å². The minimum absolute atomic E-state index is 0.00164. The number of carboxylic acids is 1. The molecule has 2 heterocycles. The van der Waals surface area contributed by atoms with Crippen molar-refractivity contribution in [2.75, 3.05) is 36.8 Å². The number of anilines is 1. The first-order valence-electron chi connectivity index (χ1n) is 13.9. The molecule has 10 nitrogen and oxygen atoms in total. The van der Waals surface area contributed by atoms with Crippen LogP contribution in [0.1, 0.15) is 67.2 Å². The van der Waals surface area contributed by atoms with Gasteiger partial charge in [0.1, 0.15) is 17.0 Å². The number of halogens is 4. The first-order chi connectivity index (χ1) is 19.9. The Morgan fingerprint density at radius 2 is 1.35 bits per heavy atom. The molecule has 0 aliphatic carbocycles. The summed E-state index contributed by atoms with van der Waals surface area (Å²) in [5, 5.41) is 11.8. The number of carboxylic acid groups (broad SMARTS) is 1. The Kier molecular flexibility index (Phi) is 15.9. The summed E-state index contributed by atoms with van der Waals surface area (Å²) in [6.07, 6.45) is 1.90. The molecule has 2 saturated heterocycles. The van der Waals surface area contributed by atoms with Gasteiger partial charge in [-0.2, -0.15) is 0 Å². The largest absolute Gasteiger partial charge is 0.481 e. The van der Waals surface area contributed by atoms with E-state index in [1.54, 1.807) is 46.4 Å². The zero-order valence-electron chi connectivity index (χ0n) is 25.6. The molecule has 0 aromatic heterocycles. The van der Waals surface area contributed by atoms with E-state index in [0.717, 1.165) is 6.42 Å². The lowest BCUT2D eigenvalue weighted by Gasteiger charge is -2.33. The molecule has 2 aliphatic rings. The fourth-order valence-electron chi connectivity index (χ4n) is 4.17. The summed E-state index contributed by atoms with van der Waals surface area (Å²) in [7, 11) is 0. The van der Waals surface area contributed by atoms with Gasteiger partial charge in [-0.05, 0) is 85.4 Å². The number of rotatable bonds is 3. The quantitative estimate of drug-likeness (QED) is 0.326. The summed E-state index contributed by atoms with van der Waals surface area (Å²) >= 11 is 15.2. The van der Waals surface area contributed by atoms with Crippen LogP contribution in [0.2, 0.25) is 5.02 Å². The molecule has 244 valence electrons. The fourth-order valence-corrected chi connectivity index (χ4v) is 4.29. The Morgan fingerprint density at radius 3 is 1.77 bits per heavy atom. The molecule has 2 unspecified atom stereocenters. The highest BCUT2D eigenvalue weighted by Crippen LogP contribution is 2.23. The number of hydrogen-bond acceptors (Lipinski definition) is 6. The maximum atomic E-state index is 13.4. The van der Waals surface area contributed by atoms with Gasteiger partial charge in [0.25, 0.3) is 0 Å². The smallest absolute Gasteiger partial charge is 0.410 e. The number of piperidine rings is 2. The first kappa shape index (κ1) is 38.5. The molecule has 3 rings (SSSR count). The second-order valence-corrected chi connectivity index (χ2v) is 13.3. The number of benzene rings is 1. The maximum absolute atomic E-state index is 13.4. The number of ether oxygens (including phenoxy) is 2. The van der Waals surface area contributed by atoms with Gasteiger partial charge in [-0.15, -0.1) is 23.2 Å². The van der Waals surface area contributed by atoms with E-state index in [9.17, 15) is 23.6 Å². The molecule has 0 bridgehead atoms. The van der Waals surface area contributed by atoms with Gasteiger partial charge in [-0.1, -0.05) is 11.6 Å². The highest BCUT2D eigenvalue weighted by atomic mass is 35.5. The van der Waals surface area contributed by atoms with E-state index in [-0.39, 0.29) is 35.3 Å². The third-order valence-electron chi connectivity index (χ3n) is 6.05. The Morgan fingerprint density at radius 1 is 0.907 bits per heavy atom. The van der Waals surface area contributed by atoms with Gasteiger partial charge in [0.05, 0.1) is 22.2 Å². The minimum atomic E-state index is -0.840. The van der Waals surface area contributed by atoms with Crippen molar-refractivity contribution >= 4 is 64.6 Å². The van der Waals surface area contributed by atoms with E-state index < -0.39 is 41.1 Å². The van der Waals surface area contributed by atoms with E-state index in [1.165, 1.54) is 23.1 Å². The molecular formula is C29H43Cl3FN3O7. The molecule has 3 amide bonds. The van der Waals surface area contributed by atoms with E-state index in [2.05, 4.69) is 5.32 Å². The van der Waals surface area contributed by atoms with Crippen molar-refractivity contribution in [2.24, 2.45) is 11.8 Å². The predicted molar refractivity (Wildman–Crippen MR) is 165 cm³/mol. The van der Waals surface area contributed by atoms with Crippen LogP contribution < -0.4 is 5.32 Å². The number of carbonyl (C=O) groups is 4. The second kappa shape index (κ2) is 17.7. The highest BCUT2D eigenvalue weighted by molar-refractivity contribution is 6.40. The summed E-state index contributed by atoms with van der Waals surface area (Å²) in [6, 6.07) is 4.10. The number of alkyl halides is 2. The Labute approximate surface area is 268 Å². The molecule has 2 atom stereocenters. The summed E-state index contributed by atoms with van der Waals surface area (Å²) in [4.78, 5) is 50.0. The third-order valence-corrected chi connectivity index (χ3v) is 6.36. The van der Waals surface area contributed by atoms with Crippen LogP contribution in [0.15, 0.2) is 18.2 Å². The van der Waals surface area contributed by atoms with Crippen LogP contribution in [0.4, 0.5) is 19.7 Å². The summed E-state index contributed by atoms with van der Waals surface area (Å²) in [5.74, 6) is -2.49. The van der Waals surface area contributed by atoms with Crippen LogP contribution in [-0.2, 0) is 19.1 Å². The van der Waals surface area contributed by atoms with Gasteiger partial charge >= 0.3 is 18.2 Å². The van der Waals surface area contributed by atoms with Gasteiger partial charge in [-0.25, -0.2) is 14.0 Å². The highest BCUT2D eigenvalue weighted by Gasteiger charge is 2.32. The molecule has 14 heteroatoms. The van der Waals surface area contributed by atoms with Gasteiger partial charge < -0.3 is 29.7 Å².